The van der Waals surface area contributed by atoms with E-state index in [1.165, 1.54) is 11.0 Å². The van der Waals surface area contributed by atoms with Crippen LogP contribution in [-0.2, 0) is 10.7 Å². The van der Waals surface area contributed by atoms with Gasteiger partial charge < -0.3 is 10.2 Å². The quantitative estimate of drug-likeness (QED) is 0.827. The lowest BCUT2D eigenvalue weighted by Crippen LogP contribution is -2.47. The lowest BCUT2D eigenvalue weighted by atomic mass is 10.0. The highest BCUT2D eigenvalue weighted by Gasteiger charge is 2.54. The molecule has 3 rings (SSSR count). The van der Waals surface area contributed by atoms with Gasteiger partial charge >= 0.3 is 11.8 Å². The van der Waals surface area contributed by atoms with Crippen molar-refractivity contribution < 1.29 is 13.6 Å². The Bertz CT molecular complexity index is 484. The molecule has 3 nitrogen and oxygen atoms in total. The largest absolute Gasteiger partial charge is 0.352 e. The first-order chi connectivity index (χ1) is 8.62. The predicted octanol–water partition coefficient (Wildman–Crippen LogP) is 1.88. The van der Waals surface area contributed by atoms with Crippen LogP contribution >= 0.6 is 0 Å². The molecule has 0 aromatic heterocycles. The van der Waals surface area contributed by atoms with Gasteiger partial charge in [0.1, 0.15) is 0 Å². The zero-order valence-corrected chi connectivity index (χ0v) is 9.83. The number of para-hydroxylation sites is 1. The van der Waals surface area contributed by atoms with Crippen LogP contribution < -0.4 is 10.2 Å². The number of hydrogen-bond acceptors (Lipinski definition) is 2. The number of anilines is 1. The molecule has 2 aliphatic rings. The molecule has 96 valence electrons. The molecule has 1 saturated heterocycles. The van der Waals surface area contributed by atoms with E-state index >= 15 is 0 Å². The Labute approximate surface area is 104 Å². The molecule has 0 atom stereocenters. The molecule has 1 fully saturated rings. The van der Waals surface area contributed by atoms with Crippen molar-refractivity contribution in [2.24, 2.45) is 0 Å². The minimum atomic E-state index is -3.37. The molecule has 0 saturated carbocycles. The normalized spacial score (nSPS) is 23.2. The maximum atomic E-state index is 13.9. The van der Waals surface area contributed by atoms with Crippen molar-refractivity contribution >= 4 is 11.6 Å². The Morgan fingerprint density at radius 3 is 2.61 bits per heavy atom. The number of piperidine rings is 1. The van der Waals surface area contributed by atoms with Crippen LogP contribution in [0.3, 0.4) is 0 Å². The molecule has 5 heteroatoms. The molecule has 0 radical (unpaired) electrons. The van der Waals surface area contributed by atoms with Gasteiger partial charge in [-0.05, 0) is 32.0 Å². The summed E-state index contributed by atoms with van der Waals surface area (Å²) in [7, 11) is 0. The zero-order chi connectivity index (χ0) is 12.8. The van der Waals surface area contributed by atoms with E-state index in [0.29, 0.717) is 5.69 Å². The van der Waals surface area contributed by atoms with E-state index in [2.05, 4.69) is 5.32 Å². The SMILES string of the molecule is O=C1N(C2CCNCC2)c2ccccc2C1(F)F. The number of nitrogens with zero attached hydrogens (tertiary/aromatic N) is 1. The molecule has 1 aromatic rings. The zero-order valence-electron chi connectivity index (χ0n) is 9.83. The van der Waals surface area contributed by atoms with E-state index in [1.807, 2.05) is 0 Å². The number of rotatable bonds is 1. The van der Waals surface area contributed by atoms with Crippen LogP contribution in [-0.4, -0.2) is 25.0 Å². The van der Waals surface area contributed by atoms with Gasteiger partial charge in [0.05, 0.1) is 11.3 Å². The second-order valence-electron chi connectivity index (χ2n) is 4.75. The Hall–Kier alpha value is -1.49. The molecule has 0 aliphatic carbocycles. The number of carbonyl (C=O) groups excluding carboxylic acids is 1. The molecule has 18 heavy (non-hydrogen) atoms. The van der Waals surface area contributed by atoms with E-state index < -0.39 is 11.8 Å². The molecule has 2 aliphatic heterocycles. The van der Waals surface area contributed by atoms with Crippen molar-refractivity contribution in [2.75, 3.05) is 18.0 Å². The molecular weight excluding hydrogens is 238 g/mol. The smallest absolute Gasteiger partial charge is 0.317 e. The standard InChI is InChI=1S/C13H14F2N2O/c14-13(15)10-3-1-2-4-11(10)17(12(13)18)9-5-7-16-8-6-9/h1-4,9,16H,5-8H2. The van der Waals surface area contributed by atoms with Gasteiger partial charge in [-0.3, -0.25) is 4.79 Å². The average molecular weight is 252 g/mol. The van der Waals surface area contributed by atoms with Crippen molar-refractivity contribution in [3.63, 3.8) is 0 Å². The fraction of sp³-hybridized carbons (Fsp3) is 0.462. The number of fused-ring (bicyclic) bond motifs is 1. The van der Waals surface area contributed by atoms with Crippen LogP contribution in [0, 0.1) is 0 Å². The third kappa shape index (κ3) is 1.54. The molecular formula is C13H14F2N2O. The fourth-order valence-electron chi connectivity index (χ4n) is 2.75. The number of carbonyl (C=O) groups is 1. The van der Waals surface area contributed by atoms with E-state index in [0.717, 1.165) is 25.9 Å². The van der Waals surface area contributed by atoms with Gasteiger partial charge in [-0.25, -0.2) is 0 Å². The monoisotopic (exact) mass is 252 g/mol. The highest BCUT2D eigenvalue weighted by atomic mass is 19.3. The summed E-state index contributed by atoms with van der Waals surface area (Å²) >= 11 is 0. The number of benzene rings is 1. The number of nitrogens with one attached hydrogen (secondary N) is 1. The summed E-state index contributed by atoms with van der Waals surface area (Å²) in [6.07, 6.45) is 1.44. The summed E-state index contributed by atoms with van der Waals surface area (Å²) in [5.41, 5.74) is 0.216. The van der Waals surface area contributed by atoms with Gasteiger partial charge in [0.25, 0.3) is 0 Å². The van der Waals surface area contributed by atoms with Crippen molar-refractivity contribution in [3.8, 4) is 0 Å². The van der Waals surface area contributed by atoms with E-state index in [-0.39, 0.29) is 11.6 Å². The van der Waals surface area contributed by atoms with Crippen molar-refractivity contribution in [2.45, 2.75) is 24.8 Å². The summed E-state index contributed by atoms with van der Waals surface area (Å²) in [6, 6.07) is 6.08. The van der Waals surface area contributed by atoms with Gasteiger partial charge in [-0.1, -0.05) is 18.2 Å². The summed E-state index contributed by atoms with van der Waals surface area (Å²) in [4.78, 5) is 13.2. The lowest BCUT2D eigenvalue weighted by molar-refractivity contribution is -0.142. The summed E-state index contributed by atoms with van der Waals surface area (Å²) in [5, 5.41) is 3.17. The Morgan fingerprint density at radius 2 is 1.89 bits per heavy atom. The first-order valence-corrected chi connectivity index (χ1v) is 6.14. The van der Waals surface area contributed by atoms with Crippen molar-refractivity contribution in [1.82, 2.24) is 5.32 Å². The van der Waals surface area contributed by atoms with Crippen LogP contribution in [0.4, 0.5) is 14.5 Å². The highest BCUT2D eigenvalue weighted by Crippen LogP contribution is 2.45. The third-order valence-corrected chi connectivity index (χ3v) is 3.66. The average Bonchev–Trinajstić information content (AvgIpc) is 2.60. The molecule has 0 bridgehead atoms. The van der Waals surface area contributed by atoms with Crippen LogP contribution in [0.15, 0.2) is 24.3 Å². The van der Waals surface area contributed by atoms with Crippen LogP contribution in [0.25, 0.3) is 0 Å². The van der Waals surface area contributed by atoms with E-state index in [4.69, 9.17) is 0 Å². The Balaban J connectivity index is 2.03. The second kappa shape index (κ2) is 4.02. The van der Waals surface area contributed by atoms with E-state index in [1.54, 1.807) is 18.2 Å². The fourth-order valence-corrected chi connectivity index (χ4v) is 2.75. The lowest BCUT2D eigenvalue weighted by Gasteiger charge is -2.31. The summed E-state index contributed by atoms with van der Waals surface area (Å²) in [5.74, 6) is -4.45. The highest BCUT2D eigenvalue weighted by molar-refractivity contribution is 6.06. The predicted molar refractivity (Wildman–Crippen MR) is 63.7 cm³/mol. The topological polar surface area (TPSA) is 32.3 Å². The summed E-state index contributed by atoms with van der Waals surface area (Å²) < 4.78 is 27.9. The van der Waals surface area contributed by atoms with Crippen LogP contribution in [0.5, 0.6) is 0 Å². The minimum absolute atomic E-state index is 0.117. The van der Waals surface area contributed by atoms with Gasteiger partial charge in [-0.15, -0.1) is 0 Å². The number of alkyl halides is 2. The molecule has 2 heterocycles. The van der Waals surface area contributed by atoms with Crippen LogP contribution in [0.1, 0.15) is 18.4 Å². The molecule has 0 unspecified atom stereocenters. The number of halogens is 2. The van der Waals surface area contributed by atoms with Crippen LogP contribution in [0.2, 0.25) is 0 Å². The third-order valence-electron chi connectivity index (χ3n) is 3.66. The minimum Gasteiger partial charge on any atom is -0.317 e. The molecule has 0 spiro atoms. The number of hydrogen-bond donors (Lipinski definition) is 1. The first-order valence-electron chi connectivity index (χ1n) is 6.14. The van der Waals surface area contributed by atoms with Crippen molar-refractivity contribution in [1.29, 1.82) is 0 Å². The molecule has 1 N–H and O–H groups in total. The second-order valence-corrected chi connectivity index (χ2v) is 4.75. The Morgan fingerprint density at radius 1 is 1.22 bits per heavy atom. The van der Waals surface area contributed by atoms with Gasteiger partial charge in [0.15, 0.2) is 0 Å². The van der Waals surface area contributed by atoms with Gasteiger partial charge in [-0.2, -0.15) is 8.78 Å². The maximum Gasteiger partial charge on any atom is 0.352 e. The van der Waals surface area contributed by atoms with Crippen molar-refractivity contribution in [3.05, 3.63) is 29.8 Å². The molecule has 1 aromatic carbocycles. The van der Waals surface area contributed by atoms with E-state index in [9.17, 15) is 13.6 Å². The Kier molecular flexibility index (Phi) is 2.59. The maximum absolute atomic E-state index is 13.9. The van der Waals surface area contributed by atoms with Gasteiger partial charge in [0, 0.05) is 6.04 Å². The first kappa shape index (κ1) is 11.6. The molecule has 1 amide bonds. The summed E-state index contributed by atoms with van der Waals surface area (Å²) in [6.45, 7) is 1.53. The number of amides is 1. The van der Waals surface area contributed by atoms with Gasteiger partial charge in [0.2, 0.25) is 0 Å².